The number of anilines is 1. The van der Waals surface area contributed by atoms with Gasteiger partial charge in [0, 0.05) is 17.3 Å². The number of benzene rings is 2. The van der Waals surface area contributed by atoms with E-state index in [4.69, 9.17) is 19.9 Å². The van der Waals surface area contributed by atoms with Crippen LogP contribution in [0.15, 0.2) is 73.1 Å². The molecule has 1 amide bonds. The minimum Gasteiger partial charge on any atom is -0.493 e. The van der Waals surface area contributed by atoms with E-state index in [0.29, 0.717) is 34.1 Å². The van der Waals surface area contributed by atoms with E-state index in [1.54, 1.807) is 22.7 Å². The van der Waals surface area contributed by atoms with E-state index in [1.165, 1.54) is 6.42 Å². The van der Waals surface area contributed by atoms with Crippen LogP contribution in [0.1, 0.15) is 87.0 Å². The van der Waals surface area contributed by atoms with Crippen molar-refractivity contribution < 1.29 is 9.90 Å². The van der Waals surface area contributed by atoms with Crippen molar-refractivity contribution >= 4 is 17.4 Å². The molecule has 5 aromatic rings. The molecule has 0 atom stereocenters. The highest BCUT2D eigenvalue weighted by molar-refractivity contribution is 6.05. The number of aryl methyl sites for hydroxylation is 2. The molecule has 2 N–H and O–H groups in total. The summed E-state index contributed by atoms with van der Waals surface area (Å²) in [6.07, 6.45) is 13.9. The topological polar surface area (TPSA) is 105 Å². The molecule has 3 aromatic heterocycles. The van der Waals surface area contributed by atoms with Gasteiger partial charge in [-0.2, -0.15) is 0 Å². The fraction of sp³-hybridized carbons (Fsp3) is 0.343. The number of imidazole rings is 1. The van der Waals surface area contributed by atoms with Crippen molar-refractivity contribution in [2.45, 2.75) is 78.1 Å². The van der Waals surface area contributed by atoms with Crippen LogP contribution in [0, 0.1) is 0 Å². The number of hydrogen-bond donors (Lipinski definition) is 2. The maximum absolute atomic E-state index is 13.2. The molecular weight excluding hydrogens is 536 g/mol. The number of amides is 1. The smallest absolute Gasteiger partial charge is 0.256 e. The first-order valence-corrected chi connectivity index (χ1v) is 15.5. The van der Waals surface area contributed by atoms with Gasteiger partial charge in [0.05, 0.1) is 17.6 Å². The molecule has 222 valence electrons. The molecule has 2 aromatic carbocycles. The van der Waals surface area contributed by atoms with Gasteiger partial charge in [0.25, 0.3) is 5.91 Å². The van der Waals surface area contributed by atoms with Crippen LogP contribution >= 0.6 is 0 Å². The lowest BCUT2D eigenvalue weighted by Crippen LogP contribution is -2.15. The third-order valence-electron chi connectivity index (χ3n) is 7.57. The van der Waals surface area contributed by atoms with Gasteiger partial charge in [0.15, 0.2) is 11.5 Å². The van der Waals surface area contributed by atoms with Gasteiger partial charge in [-0.15, -0.1) is 0 Å². The molecule has 0 aliphatic rings. The predicted octanol–water partition coefficient (Wildman–Crippen LogP) is 8.06. The number of carbonyl (C=O) groups is 1. The molecule has 0 saturated heterocycles. The summed E-state index contributed by atoms with van der Waals surface area (Å²) in [6.45, 7) is 4.38. The fourth-order valence-electron chi connectivity index (χ4n) is 5.19. The van der Waals surface area contributed by atoms with Gasteiger partial charge < -0.3 is 10.4 Å². The Labute approximate surface area is 253 Å². The summed E-state index contributed by atoms with van der Waals surface area (Å²) < 4.78 is 1.69. The van der Waals surface area contributed by atoms with E-state index in [-0.39, 0.29) is 11.8 Å². The number of fused-ring (bicyclic) bond motifs is 1. The summed E-state index contributed by atoms with van der Waals surface area (Å²) in [5, 5.41) is 14.4. The van der Waals surface area contributed by atoms with E-state index >= 15 is 0 Å². The molecule has 0 spiro atoms. The van der Waals surface area contributed by atoms with Gasteiger partial charge in [-0.1, -0.05) is 101 Å². The summed E-state index contributed by atoms with van der Waals surface area (Å²) in [5.74, 6) is 0.0698. The Balaban J connectivity index is 1.64. The summed E-state index contributed by atoms with van der Waals surface area (Å²) >= 11 is 0. The van der Waals surface area contributed by atoms with E-state index in [2.05, 4.69) is 19.2 Å². The fourth-order valence-corrected chi connectivity index (χ4v) is 5.19. The Morgan fingerprint density at radius 1 is 0.744 bits per heavy atom. The van der Waals surface area contributed by atoms with E-state index in [0.717, 1.165) is 74.7 Å². The van der Waals surface area contributed by atoms with E-state index in [1.807, 2.05) is 54.7 Å². The largest absolute Gasteiger partial charge is 0.493 e. The number of rotatable bonds is 14. The molecular formula is C35H40N6O2. The van der Waals surface area contributed by atoms with Gasteiger partial charge in [-0.25, -0.2) is 19.9 Å². The van der Waals surface area contributed by atoms with Crippen LogP contribution < -0.4 is 5.32 Å². The molecule has 0 unspecified atom stereocenters. The first kappa shape index (κ1) is 29.9. The van der Waals surface area contributed by atoms with Crippen molar-refractivity contribution in [1.82, 2.24) is 24.3 Å². The third-order valence-corrected chi connectivity index (χ3v) is 7.57. The number of nitrogens with one attached hydrogen (secondary N) is 1. The highest BCUT2D eigenvalue weighted by Gasteiger charge is 2.23. The maximum atomic E-state index is 13.2. The van der Waals surface area contributed by atoms with E-state index < -0.39 is 0 Å². The number of unbranched alkanes of at least 4 members (excludes halogenated alkanes) is 6. The average molecular weight is 577 g/mol. The van der Waals surface area contributed by atoms with Crippen molar-refractivity contribution in [3.63, 3.8) is 0 Å². The summed E-state index contributed by atoms with van der Waals surface area (Å²) in [4.78, 5) is 32.9. The van der Waals surface area contributed by atoms with Crippen LogP contribution in [0.25, 0.3) is 28.3 Å². The van der Waals surface area contributed by atoms with E-state index in [9.17, 15) is 9.90 Å². The monoisotopic (exact) mass is 576 g/mol. The standard InChI is InChI=1S/C35H40N6O2/c1-3-5-7-15-21-27-23-36-32(40-34(42)26-19-13-10-14-20-26)30(37-27)31-33-39-29(25-17-11-9-12-18-25)35(43)41(33)24-28(38-31)22-16-8-6-4-2/h9-14,17-20,23-24,43H,3-8,15-16,21-22H2,1-2H3,(H,36,40,42). The first-order valence-electron chi connectivity index (χ1n) is 15.5. The van der Waals surface area contributed by atoms with Crippen LogP contribution in [-0.4, -0.2) is 35.4 Å². The average Bonchev–Trinajstić information content (AvgIpc) is 3.38. The molecule has 0 fully saturated rings. The summed E-state index contributed by atoms with van der Waals surface area (Å²) in [6, 6.07) is 18.7. The van der Waals surface area contributed by atoms with Crippen LogP contribution in [-0.2, 0) is 12.8 Å². The molecule has 5 rings (SSSR count). The van der Waals surface area contributed by atoms with Gasteiger partial charge in [0.2, 0.25) is 5.88 Å². The zero-order chi connectivity index (χ0) is 30.0. The Morgan fingerprint density at radius 2 is 1.37 bits per heavy atom. The molecule has 43 heavy (non-hydrogen) atoms. The van der Waals surface area contributed by atoms with Crippen LogP contribution in [0.4, 0.5) is 5.82 Å². The van der Waals surface area contributed by atoms with Gasteiger partial charge >= 0.3 is 0 Å². The van der Waals surface area contributed by atoms with Crippen LogP contribution in [0.5, 0.6) is 5.88 Å². The second-order valence-electron chi connectivity index (χ2n) is 10.9. The van der Waals surface area contributed by atoms with Gasteiger partial charge in [-0.3, -0.25) is 9.20 Å². The number of carbonyl (C=O) groups excluding carboxylic acids is 1. The second kappa shape index (κ2) is 14.5. The lowest BCUT2D eigenvalue weighted by molar-refractivity contribution is 0.102. The molecule has 0 bridgehead atoms. The zero-order valence-electron chi connectivity index (χ0n) is 25.1. The highest BCUT2D eigenvalue weighted by atomic mass is 16.3. The Kier molecular flexibility index (Phi) is 10.1. The minimum absolute atomic E-state index is 0.0400. The quantitative estimate of drug-likeness (QED) is 0.130. The zero-order valence-corrected chi connectivity index (χ0v) is 25.1. The SMILES string of the molecule is CCCCCCc1cnc(NC(=O)c2ccccc2)c(-c2nc(CCCCCC)cn3c(O)c(-c4ccccc4)nc23)n1. The second-order valence-corrected chi connectivity index (χ2v) is 10.9. The van der Waals surface area contributed by atoms with Crippen molar-refractivity contribution in [1.29, 1.82) is 0 Å². The van der Waals surface area contributed by atoms with Crippen molar-refractivity contribution in [2.24, 2.45) is 0 Å². The number of hydrogen-bond acceptors (Lipinski definition) is 6. The molecule has 8 nitrogen and oxygen atoms in total. The number of aromatic hydroxyl groups is 1. The number of nitrogens with zero attached hydrogens (tertiary/aromatic N) is 5. The number of aromatic nitrogens is 5. The molecule has 8 heteroatoms. The molecule has 0 radical (unpaired) electrons. The van der Waals surface area contributed by atoms with Crippen molar-refractivity contribution in [2.75, 3.05) is 5.32 Å². The predicted molar refractivity (Wildman–Crippen MR) is 171 cm³/mol. The molecule has 0 aliphatic heterocycles. The molecule has 0 saturated carbocycles. The van der Waals surface area contributed by atoms with Crippen LogP contribution in [0.3, 0.4) is 0 Å². The van der Waals surface area contributed by atoms with Crippen molar-refractivity contribution in [3.8, 4) is 28.5 Å². The summed E-state index contributed by atoms with van der Waals surface area (Å²) in [5.41, 5.74) is 4.82. The first-order chi connectivity index (χ1) is 21.1. The molecule has 0 aliphatic carbocycles. The van der Waals surface area contributed by atoms with Gasteiger partial charge in [0.1, 0.15) is 17.1 Å². The minimum atomic E-state index is -0.283. The Hall–Kier alpha value is -4.59. The normalized spacial score (nSPS) is 11.2. The lowest BCUT2D eigenvalue weighted by Gasteiger charge is -2.13. The maximum Gasteiger partial charge on any atom is 0.256 e. The lowest BCUT2D eigenvalue weighted by atomic mass is 10.1. The van der Waals surface area contributed by atoms with Crippen molar-refractivity contribution in [3.05, 3.63) is 90.0 Å². The molecule has 3 heterocycles. The highest BCUT2D eigenvalue weighted by Crippen LogP contribution is 2.35. The Morgan fingerprint density at radius 3 is 2.05 bits per heavy atom. The summed E-state index contributed by atoms with van der Waals surface area (Å²) in [7, 11) is 0. The van der Waals surface area contributed by atoms with Crippen LogP contribution in [0.2, 0.25) is 0 Å². The van der Waals surface area contributed by atoms with Gasteiger partial charge in [-0.05, 0) is 37.8 Å². The Bertz CT molecular complexity index is 1650. The third kappa shape index (κ3) is 7.25.